The lowest BCUT2D eigenvalue weighted by atomic mass is 10.1. The monoisotopic (exact) mass is 248 g/mol. The standard InChI is InChI=1S/C13H16N2O3/c1-13(2,3)14-12(16)8-7-10-5-4-6-11(9-10)15(17)18/h4-9H,1-3H3,(H,14,16). The van der Waals surface area contributed by atoms with Gasteiger partial charge in [0.05, 0.1) is 4.92 Å². The molecule has 0 aliphatic heterocycles. The van der Waals surface area contributed by atoms with E-state index in [2.05, 4.69) is 5.32 Å². The summed E-state index contributed by atoms with van der Waals surface area (Å²) >= 11 is 0. The summed E-state index contributed by atoms with van der Waals surface area (Å²) in [4.78, 5) is 21.6. The third-order valence-corrected chi connectivity index (χ3v) is 2.01. The smallest absolute Gasteiger partial charge is 0.270 e. The van der Waals surface area contributed by atoms with Gasteiger partial charge in [-0.05, 0) is 32.4 Å². The number of non-ortho nitro benzene ring substituents is 1. The van der Waals surface area contributed by atoms with E-state index < -0.39 is 4.92 Å². The van der Waals surface area contributed by atoms with Gasteiger partial charge in [0.15, 0.2) is 0 Å². The molecule has 0 spiro atoms. The van der Waals surface area contributed by atoms with Crippen LogP contribution in [0.2, 0.25) is 0 Å². The van der Waals surface area contributed by atoms with Crippen LogP contribution in [0.1, 0.15) is 26.3 Å². The molecule has 0 atom stereocenters. The van der Waals surface area contributed by atoms with Crippen LogP contribution in [-0.2, 0) is 4.79 Å². The molecule has 5 heteroatoms. The minimum absolute atomic E-state index is 0.00776. The van der Waals surface area contributed by atoms with Crippen molar-refractivity contribution in [2.24, 2.45) is 0 Å². The van der Waals surface area contributed by atoms with E-state index in [4.69, 9.17) is 0 Å². The highest BCUT2D eigenvalue weighted by molar-refractivity contribution is 5.92. The first-order valence-corrected chi connectivity index (χ1v) is 5.52. The molecule has 1 N–H and O–H groups in total. The van der Waals surface area contributed by atoms with E-state index in [1.807, 2.05) is 20.8 Å². The van der Waals surface area contributed by atoms with E-state index in [1.165, 1.54) is 18.2 Å². The fraction of sp³-hybridized carbons (Fsp3) is 0.308. The van der Waals surface area contributed by atoms with E-state index in [9.17, 15) is 14.9 Å². The molecule has 0 saturated heterocycles. The SMILES string of the molecule is CC(C)(C)NC(=O)C=Cc1cccc([N+](=O)[O-])c1. The average Bonchev–Trinajstić information content (AvgIpc) is 2.24. The summed E-state index contributed by atoms with van der Waals surface area (Å²) < 4.78 is 0. The molecule has 1 rings (SSSR count). The third kappa shape index (κ3) is 4.78. The molecule has 0 aliphatic carbocycles. The van der Waals surface area contributed by atoms with Gasteiger partial charge in [0.1, 0.15) is 0 Å². The Kier molecular flexibility index (Phi) is 4.20. The van der Waals surface area contributed by atoms with Crippen LogP contribution in [0.3, 0.4) is 0 Å². The lowest BCUT2D eigenvalue weighted by Crippen LogP contribution is -2.39. The molecule has 96 valence electrons. The Bertz CT molecular complexity index is 487. The lowest BCUT2D eigenvalue weighted by Gasteiger charge is -2.18. The lowest BCUT2D eigenvalue weighted by molar-refractivity contribution is -0.384. The van der Waals surface area contributed by atoms with Gasteiger partial charge in [-0.2, -0.15) is 0 Å². The second-order valence-corrected chi connectivity index (χ2v) is 4.92. The molecule has 1 aromatic rings. The molecule has 1 amide bonds. The number of rotatable bonds is 3. The maximum atomic E-state index is 11.5. The van der Waals surface area contributed by atoms with Gasteiger partial charge in [0.2, 0.25) is 5.91 Å². The van der Waals surface area contributed by atoms with Gasteiger partial charge in [-0.25, -0.2) is 0 Å². The van der Waals surface area contributed by atoms with E-state index in [0.717, 1.165) is 0 Å². The van der Waals surface area contributed by atoms with E-state index in [0.29, 0.717) is 5.56 Å². The predicted octanol–water partition coefficient (Wildman–Crippen LogP) is 2.52. The summed E-state index contributed by atoms with van der Waals surface area (Å²) in [6, 6.07) is 6.11. The second-order valence-electron chi connectivity index (χ2n) is 4.92. The molecule has 0 radical (unpaired) electrons. The summed E-state index contributed by atoms with van der Waals surface area (Å²) in [5.74, 6) is -0.228. The van der Waals surface area contributed by atoms with Crippen LogP contribution in [0.4, 0.5) is 5.69 Å². The minimum Gasteiger partial charge on any atom is -0.348 e. The van der Waals surface area contributed by atoms with E-state index >= 15 is 0 Å². The molecule has 18 heavy (non-hydrogen) atoms. The van der Waals surface area contributed by atoms with Crippen molar-refractivity contribution in [3.8, 4) is 0 Å². The van der Waals surface area contributed by atoms with Crippen LogP contribution in [0, 0.1) is 10.1 Å². The number of hydrogen-bond acceptors (Lipinski definition) is 3. The molecule has 0 unspecified atom stereocenters. The van der Waals surface area contributed by atoms with Gasteiger partial charge in [-0.3, -0.25) is 14.9 Å². The van der Waals surface area contributed by atoms with Crippen molar-refractivity contribution in [2.75, 3.05) is 0 Å². The van der Waals surface area contributed by atoms with E-state index in [1.54, 1.807) is 18.2 Å². The fourth-order valence-corrected chi connectivity index (χ4v) is 1.33. The number of nitrogens with zero attached hydrogens (tertiary/aromatic N) is 1. The predicted molar refractivity (Wildman–Crippen MR) is 70.0 cm³/mol. The summed E-state index contributed by atoms with van der Waals surface area (Å²) in [7, 11) is 0. The highest BCUT2D eigenvalue weighted by Gasteiger charge is 2.11. The second kappa shape index (κ2) is 5.44. The zero-order chi connectivity index (χ0) is 13.8. The van der Waals surface area contributed by atoms with Gasteiger partial charge < -0.3 is 5.32 Å². The summed E-state index contributed by atoms with van der Waals surface area (Å²) in [5, 5.41) is 13.3. The number of benzene rings is 1. The van der Waals surface area contributed by atoms with Crippen molar-refractivity contribution >= 4 is 17.7 Å². The van der Waals surface area contributed by atoms with Gasteiger partial charge in [0.25, 0.3) is 5.69 Å². The number of carbonyl (C=O) groups is 1. The first-order chi connectivity index (χ1) is 8.28. The largest absolute Gasteiger partial charge is 0.348 e. The Hall–Kier alpha value is -2.17. The molecule has 5 nitrogen and oxygen atoms in total. The first-order valence-electron chi connectivity index (χ1n) is 5.52. The Morgan fingerprint density at radius 2 is 2.06 bits per heavy atom. The van der Waals surface area contributed by atoms with Gasteiger partial charge in [0, 0.05) is 23.7 Å². The van der Waals surface area contributed by atoms with Crippen molar-refractivity contribution in [3.63, 3.8) is 0 Å². The molecule has 0 saturated carbocycles. The third-order valence-electron chi connectivity index (χ3n) is 2.01. The maximum Gasteiger partial charge on any atom is 0.270 e. The molecular weight excluding hydrogens is 232 g/mol. The van der Waals surface area contributed by atoms with Gasteiger partial charge >= 0.3 is 0 Å². The normalized spacial score (nSPS) is 11.5. The van der Waals surface area contributed by atoms with Crippen LogP contribution in [0.25, 0.3) is 6.08 Å². The van der Waals surface area contributed by atoms with Crippen molar-refractivity contribution in [3.05, 3.63) is 46.0 Å². The Balaban J connectivity index is 2.76. The van der Waals surface area contributed by atoms with Crippen LogP contribution >= 0.6 is 0 Å². The molecule has 0 heterocycles. The van der Waals surface area contributed by atoms with Gasteiger partial charge in [-0.1, -0.05) is 12.1 Å². The molecule has 0 aromatic heterocycles. The first kappa shape index (κ1) is 13.9. The number of nitrogens with one attached hydrogen (secondary N) is 1. The zero-order valence-corrected chi connectivity index (χ0v) is 10.6. The molecular formula is C13H16N2O3. The number of carbonyl (C=O) groups excluding carboxylic acids is 1. The molecule has 1 aromatic carbocycles. The Morgan fingerprint density at radius 3 is 2.61 bits per heavy atom. The average molecular weight is 248 g/mol. The summed E-state index contributed by atoms with van der Waals surface area (Å²) in [5.41, 5.74) is 0.325. The molecule has 0 aliphatic rings. The minimum atomic E-state index is -0.466. The van der Waals surface area contributed by atoms with Gasteiger partial charge in [-0.15, -0.1) is 0 Å². The van der Waals surface area contributed by atoms with Crippen LogP contribution in [0.15, 0.2) is 30.3 Å². The highest BCUT2D eigenvalue weighted by atomic mass is 16.6. The van der Waals surface area contributed by atoms with Crippen molar-refractivity contribution in [2.45, 2.75) is 26.3 Å². The number of amides is 1. The molecule has 0 fully saturated rings. The molecule has 0 bridgehead atoms. The van der Waals surface area contributed by atoms with Crippen LogP contribution in [0.5, 0.6) is 0 Å². The van der Waals surface area contributed by atoms with Crippen LogP contribution < -0.4 is 5.32 Å². The topological polar surface area (TPSA) is 72.2 Å². The summed E-state index contributed by atoms with van der Waals surface area (Å²) in [6.45, 7) is 5.64. The van der Waals surface area contributed by atoms with Crippen molar-refractivity contribution < 1.29 is 9.72 Å². The fourth-order valence-electron chi connectivity index (χ4n) is 1.33. The number of nitro groups is 1. The Morgan fingerprint density at radius 1 is 1.39 bits per heavy atom. The quantitative estimate of drug-likeness (QED) is 0.507. The number of hydrogen-bond donors (Lipinski definition) is 1. The van der Waals surface area contributed by atoms with Crippen molar-refractivity contribution in [1.82, 2.24) is 5.32 Å². The highest BCUT2D eigenvalue weighted by Crippen LogP contribution is 2.14. The number of nitro benzene ring substituents is 1. The van der Waals surface area contributed by atoms with Crippen molar-refractivity contribution in [1.29, 1.82) is 0 Å². The van der Waals surface area contributed by atoms with Crippen LogP contribution in [-0.4, -0.2) is 16.4 Å². The van der Waals surface area contributed by atoms with E-state index in [-0.39, 0.29) is 17.1 Å². The Labute approximate surface area is 106 Å². The zero-order valence-electron chi connectivity index (χ0n) is 10.6. The maximum absolute atomic E-state index is 11.5. The summed E-state index contributed by atoms with van der Waals surface area (Å²) in [6.07, 6.45) is 2.92.